The fraction of sp³-hybridized carbons (Fsp3) is 0.300. The highest BCUT2D eigenvalue weighted by atomic mass is 16.5. The Balaban J connectivity index is 2.58. The van der Waals surface area contributed by atoms with Gasteiger partial charge in [0.15, 0.2) is 5.78 Å². The number of carbonyl (C=O) groups excluding carboxylic acids is 1. The maximum Gasteiger partial charge on any atom is 0.178 e. The summed E-state index contributed by atoms with van der Waals surface area (Å²) in [6, 6.07) is 0. The minimum atomic E-state index is -0.0165. The van der Waals surface area contributed by atoms with Gasteiger partial charge in [-0.05, 0) is 36.3 Å². The molecule has 0 fully saturated rings. The normalized spacial score (nSPS) is 14.9. The van der Waals surface area contributed by atoms with Crippen molar-refractivity contribution in [3.05, 3.63) is 36.1 Å². The molecule has 0 saturated heterocycles. The SMILES string of the molecule is CCCN(O)C=C1C=CC(=O)C=C1. The molecule has 0 bridgehead atoms. The van der Waals surface area contributed by atoms with Gasteiger partial charge in [-0.2, -0.15) is 0 Å². The molecule has 0 aromatic carbocycles. The summed E-state index contributed by atoms with van der Waals surface area (Å²) in [5.41, 5.74) is 0.829. The number of rotatable bonds is 3. The molecule has 3 nitrogen and oxygen atoms in total. The summed E-state index contributed by atoms with van der Waals surface area (Å²) in [6.07, 6.45) is 8.80. The van der Waals surface area contributed by atoms with Crippen LogP contribution in [0.4, 0.5) is 0 Å². The molecule has 1 aliphatic rings. The van der Waals surface area contributed by atoms with Crippen LogP contribution in [0.2, 0.25) is 0 Å². The number of nitrogens with zero attached hydrogens (tertiary/aromatic N) is 1. The van der Waals surface area contributed by atoms with Crippen molar-refractivity contribution in [2.24, 2.45) is 0 Å². The van der Waals surface area contributed by atoms with Crippen LogP contribution in [0.5, 0.6) is 0 Å². The van der Waals surface area contributed by atoms with Gasteiger partial charge in [0.1, 0.15) is 0 Å². The predicted octanol–water partition coefficient (Wildman–Crippen LogP) is 1.67. The number of hydrogen-bond donors (Lipinski definition) is 1. The van der Waals surface area contributed by atoms with Crippen LogP contribution in [-0.2, 0) is 4.79 Å². The Morgan fingerprint density at radius 3 is 2.54 bits per heavy atom. The summed E-state index contributed by atoms with van der Waals surface area (Å²) >= 11 is 0. The number of allylic oxidation sites excluding steroid dienone is 5. The Hall–Kier alpha value is -1.35. The van der Waals surface area contributed by atoms with E-state index in [1.54, 1.807) is 18.4 Å². The van der Waals surface area contributed by atoms with Crippen molar-refractivity contribution in [3.63, 3.8) is 0 Å². The van der Waals surface area contributed by atoms with E-state index in [2.05, 4.69) is 0 Å². The molecule has 1 aliphatic carbocycles. The lowest BCUT2D eigenvalue weighted by Gasteiger charge is -2.11. The Labute approximate surface area is 77.6 Å². The zero-order chi connectivity index (χ0) is 9.68. The van der Waals surface area contributed by atoms with Crippen LogP contribution in [0.1, 0.15) is 13.3 Å². The summed E-state index contributed by atoms with van der Waals surface area (Å²) in [7, 11) is 0. The second kappa shape index (κ2) is 4.62. The first-order valence-corrected chi connectivity index (χ1v) is 4.30. The first-order chi connectivity index (χ1) is 6.22. The summed E-state index contributed by atoms with van der Waals surface area (Å²) in [4.78, 5) is 10.7. The Morgan fingerprint density at radius 2 is 2.00 bits per heavy atom. The molecule has 0 unspecified atom stereocenters. The fourth-order valence-corrected chi connectivity index (χ4v) is 1.02. The van der Waals surface area contributed by atoms with E-state index in [-0.39, 0.29) is 5.78 Å². The molecule has 0 aromatic heterocycles. The zero-order valence-corrected chi connectivity index (χ0v) is 7.60. The molecule has 0 spiro atoms. The quantitative estimate of drug-likeness (QED) is 0.670. The molecule has 0 amide bonds. The van der Waals surface area contributed by atoms with Crippen LogP contribution >= 0.6 is 0 Å². The molecule has 0 radical (unpaired) electrons. The molecule has 1 rings (SSSR count). The van der Waals surface area contributed by atoms with E-state index >= 15 is 0 Å². The van der Waals surface area contributed by atoms with Crippen LogP contribution in [0.3, 0.4) is 0 Å². The maximum absolute atomic E-state index is 10.7. The van der Waals surface area contributed by atoms with Gasteiger partial charge in [0.25, 0.3) is 0 Å². The molecular weight excluding hydrogens is 166 g/mol. The first kappa shape index (κ1) is 9.74. The van der Waals surface area contributed by atoms with Gasteiger partial charge >= 0.3 is 0 Å². The van der Waals surface area contributed by atoms with Crippen molar-refractivity contribution < 1.29 is 10.0 Å². The van der Waals surface area contributed by atoms with E-state index < -0.39 is 0 Å². The molecule has 13 heavy (non-hydrogen) atoms. The smallest absolute Gasteiger partial charge is 0.178 e. The monoisotopic (exact) mass is 179 g/mol. The highest BCUT2D eigenvalue weighted by Gasteiger charge is 1.99. The summed E-state index contributed by atoms with van der Waals surface area (Å²) in [6.45, 7) is 2.58. The lowest BCUT2D eigenvalue weighted by atomic mass is 10.1. The average molecular weight is 179 g/mol. The number of carbonyl (C=O) groups is 1. The highest BCUT2D eigenvalue weighted by Crippen LogP contribution is 2.06. The van der Waals surface area contributed by atoms with E-state index in [0.29, 0.717) is 6.54 Å². The third-order valence-corrected chi connectivity index (χ3v) is 1.63. The predicted molar refractivity (Wildman–Crippen MR) is 50.2 cm³/mol. The van der Waals surface area contributed by atoms with Gasteiger partial charge in [0.05, 0.1) is 0 Å². The van der Waals surface area contributed by atoms with Crippen molar-refractivity contribution in [2.45, 2.75) is 13.3 Å². The van der Waals surface area contributed by atoms with Gasteiger partial charge in [0.2, 0.25) is 0 Å². The Bertz CT molecular complexity index is 259. The van der Waals surface area contributed by atoms with Crippen LogP contribution in [0, 0.1) is 0 Å². The number of ketones is 1. The lowest BCUT2D eigenvalue weighted by molar-refractivity contribution is -0.110. The Kier molecular flexibility index (Phi) is 3.46. The molecule has 3 heteroatoms. The zero-order valence-electron chi connectivity index (χ0n) is 7.60. The van der Waals surface area contributed by atoms with Gasteiger partial charge in [-0.15, -0.1) is 0 Å². The molecule has 0 saturated carbocycles. The number of hydroxylamine groups is 2. The van der Waals surface area contributed by atoms with Gasteiger partial charge < -0.3 is 0 Å². The Morgan fingerprint density at radius 1 is 1.38 bits per heavy atom. The standard InChI is InChI=1S/C10H13NO2/c1-2-7-11(13)8-9-3-5-10(12)6-4-9/h3-6,8,13H,2,7H2,1H3. The second-order valence-corrected chi connectivity index (χ2v) is 2.86. The molecule has 0 atom stereocenters. The minimum absolute atomic E-state index is 0.0165. The summed E-state index contributed by atoms with van der Waals surface area (Å²) in [5, 5.41) is 10.4. The molecule has 1 N–H and O–H groups in total. The average Bonchev–Trinajstić information content (AvgIpc) is 2.09. The van der Waals surface area contributed by atoms with E-state index in [4.69, 9.17) is 0 Å². The van der Waals surface area contributed by atoms with Gasteiger partial charge in [-0.25, -0.2) is 0 Å². The molecular formula is C10H13NO2. The minimum Gasteiger partial charge on any atom is -0.290 e. The van der Waals surface area contributed by atoms with E-state index in [1.165, 1.54) is 12.2 Å². The summed E-state index contributed by atoms with van der Waals surface area (Å²) in [5.74, 6) is -0.0165. The van der Waals surface area contributed by atoms with Crippen LogP contribution < -0.4 is 0 Å². The van der Waals surface area contributed by atoms with Gasteiger partial charge in [0, 0.05) is 12.7 Å². The molecule has 0 aliphatic heterocycles. The van der Waals surface area contributed by atoms with E-state index in [1.807, 2.05) is 6.92 Å². The van der Waals surface area contributed by atoms with Crippen LogP contribution in [-0.4, -0.2) is 22.6 Å². The van der Waals surface area contributed by atoms with Crippen LogP contribution in [0.15, 0.2) is 36.1 Å². The maximum atomic E-state index is 10.7. The van der Waals surface area contributed by atoms with Crippen LogP contribution in [0.25, 0.3) is 0 Å². The van der Waals surface area contributed by atoms with E-state index in [9.17, 15) is 10.0 Å². The third kappa shape index (κ3) is 3.25. The van der Waals surface area contributed by atoms with Crippen molar-refractivity contribution in [2.75, 3.05) is 6.54 Å². The third-order valence-electron chi connectivity index (χ3n) is 1.63. The first-order valence-electron chi connectivity index (χ1n) is 4.30. The van der Waals surface area contributed by atoms with Gasteiger partial charge in [-0.1, -0.05) is 6.92 Å². The number of hydrogen-bond acceptors (Lipinski definition) is 3. The van der Waals surface area contributed by atoms with Crippen molar-refractivity contribution >= 4 is 5.78 Å². The lowest BCUT2D eigenvalue weighted by Crippen LogP contribution is -2.13. The molecule has 0 aromatic rings. The second-order valence-electron chi connectivity index (χ2n) is 2.86. The highest BCUT2D eigenvalue weighted by molar-refractivity contribution is 6.01. The van der Waals surface area contributed by atoms with Crippen molar-refractivity contribution in [1.82, 2.24) is 5.06 Å². The fourth-order valence-electron chi connectivity index (χ4n) is 1.02. The largest absolute Gasteiger partial charge is 0.290 e. The molecule has 0 heterocycles. The van der Waals surface area contributed by atoms with E-state index in [0.717, 1.165) is 17.1 Å². The topological polar surface area (TPSA) is 40.5 Å². The molecule has 70 valence electrons. The van der Waals surface area contributed by atoms with Crippen molar-refractivity contribution in [3.8, 4) is 0 Å². The van der Waals surface area contributed by atoms with Crippen molar-refractivity contribution in [1.29, 1.82) is 0 Å². The van der Waals surface area contributed by atoms with Gasteiger partial charge in [-0.3, -0.25) is 15.1 Å². The summed E-state index contributed by atoms with van der Waals surface area (Å²) < 4.78 is 0.